The van der Waals surface area contributed by atoms with Gasteiger partial charge in [0.1, 0.15) is 0 Å². The Morgan fingerprint density at radius 1 is 1.30 bits per heavy atom. The fraction of sp³-hybridized carbons (Fsp3) is 0.438. The molecule has 0 saturated heterocycles. The third kappa shape index (κ3) is 4.17. The van der Waals surface area contributed by atoms with Gasteiger partial charge in [-0.1, -0.05) is 46.9 Å². The summed E-state index contributed by atoms with van der Waals surface area (Å²) in [7, 11) is -3.56. The van der Waals surface area contributed by atoms with Crippen LogP contribution in [0.4, 0.5) is 0 Å². The minimum absolute atomic E-state index is 0.139. The number of hydrogen-bond acceptors (Lipinski definition) is 3. The van der Waals surface area contributed by atoms with Crippen LogP contribution in [0.1, 0.15) is 36.7 Å². The van der Waals surface area contributed by atoms with Crippen LogP contribution in [0.3, 0.4) is 0 Å². The van der Waals surface area contributed by atoms with E-state index in [1.807, 2.05) is 13.8 Å². The van der Waals surface area contributed by atoms with E-state index in [0.717, 1.165) is 28.7 Å². The molecule has 0 aliphatic heterocycles. The lowest BCUT2D eigenvalue weighted by Gasteiger charge is -2.11. The molecular weight excluding hydrogens is 400 g/mol. The Labute approximate surface area is 150 Å². The standard InChI is InChI=1S/C16H20BrClN2O2S/c1-4-5-8-20-12(3)11(2)19-16(20)23(21,22)10-13-6-7-14(17)9-15(13)18/h6-7,9H,4-5,8,10H2,1-3H3. The van der Waals surface area contributed by atoms with Crippen LogP contribution in [0.15, 0.2) is 27.8 Å². The van der Waals surface area contributed by atoms with E-state index in [2.05, 4.69) is 27.8 Å². The third-order valence-electron chi connectivity index (χ3n) is 3.80. The summed E-state index contributed by atoms with van der Waals surface area (Å²) in [5.74, 6) is -0.152. The molecule has 0 unspecified atom stereocenters. The maximum atomic E-state index is 12.8. The molecule has 0 saturated carbocycles. The van der Waals surface area contributed by atoms with Gasteiger partial charge < -0.3 is 4.57 Å². The zero-order chi connectivity index (χ0) is 17.2. The van der Waals surface area contributed by atoms with Gasteiger partial charge in [0.2, 0.25) is 15.0 Å². The Balaban J connectivity index is 2.41. The first-order valence-corrected chi connectivity index (χ1v) is 10.3. The third-order valence-corrected chi connectivity index (χ3v) is 6.20. The van der Waals surface area contributed by atoms with Crippen LogP contribution >= 0.6 is 27.5 Å². The van der Waals surface area contributed by atoms with Crippen LogP contribution in [0.25, 0.3) is 0 Å². The van der Waals surface area contributed by atoms with Gasteiger partial charge in [0, 0.05) is 21.7 Å². The smallest absolute Gasteiger partial charge is 0.228 e. The molecule has 0 radical (unpaired) electrons. The van der Waals surface area contributed by atoms with Gasteiger partial charge in [0.05, 0.1) is 11.4 Å². The second-order valence-electron chi connectivity index (χ2n) is 5.57. The van der Waals surface area contributed by atoms with Crippen molar-refractivity contribution in [1.29, 1.82) is 0 Å². The summed E-state index contributed by atoms with van der Waals surface area (Å²) in [5.41, 5.74) is 2.23. The zero-order valence-electron chi connectivity index (χ0n) is 13.4. The van der Waals surface area contributed by atoms with Crippen molar-refractivity contribution in [2.75, 3.05) is 0 Å². The number of sulfone groups is 1. The Morgan fingerprint density at radius 2 is 2.00 bits per heavy atom. The molecule has 0 amide bonds. The average Bonchev–Trinajstić information content (AvgIpc) is 2.76. The highest BCUT2D eigenvalue weighted by molar-refractivity contribution is 9.10. The number of unbranched alkanes of at least 4 members (excludes halogenated alkanes) is 1. The lowest BCUT2D eigenvalue weighted by atomic mass is 10.2. The van der Waals surface area contributed by atoms with E-state index >= 15 is 0 Å². The van der Waals surface area contributed by atoms with Crippen molar-refractivity contribution in [3.8, 4) is 0 Å². The summed E-state index contributed by atoms with van der Waals surface area (Å²) in [6, 6.07) is 5.21. The van der Waals surface area contributed by atoms with Crippen molar-refractivity contribution in [3.05, 3.63) is 44.6 Å². The first-order chi connectivity index (χ1) is 10.8. The quantitative estimate of drug-likeness (QED) is 0.682. The number of halogens is 2. The summed E-state index contributed by atoms with van der Waals surface area (Å²) in [6.07, 6.45) is 1.91. The van der Waals surface area contributed by atoms with Crippen molar-refractivity contribution >= 4 is 37.4 Å². The number of aryl methyl sites for hydroxylation is 1. The molecule has 7 heteroatoms. The molecule has 4 nitrogen and oxygen atoms in total. The molecule has 1 aromatic heterocycles. The monoisotopic (exact) mass is 418 g/mol. The zero-order valence-corrected chi connectivity index (χ0v) is 16.6. The number of rotatable bonds is 6. The fourth-order valence-electron chi connectivity index (χ4n) is 2.35. The SMILES string of the molecule is CCCCn1c(S(=O)(=O)Cc2ccc(Br)cc2Cl)nc(C)c1C. The van der Waals surface area contributed by atoms with Crippen LogP contribution in [0.2, 0.25) is 5.02 Å². The van der Waals surface area contributed by atoms with E-state index in [-0.39, 0.29) is 10.9 Å². The first-order valence-electron chi connectivity index (χ1n) is 7.46. The summed E-state index contributed by atoms with van der Waals surface area (Å²) in [5, 5.41) is 0.572. The lowest BCUT2D eigenvalue weighted by molar-refractivity contribution is 0.538. The number of nitrogens with zero attached hydrogens (tertiary/aromatic N) is 2. The second kappa shape index (κ2) is 7.36. The summed E-state index contributed by atoms with van der Waals surface area (Å²) < 4.78 is 28.3. The van der Waals surface area contributed by atoms with Crippen molar-refractivity contribution < 1.29 is 8.42 Å². The topological polar surface area (TPSA) is 52.0 Å². The van der Waals surface area contributed by atoms with Crippen molar-refractivity contribution in [3.63, 3.8) is 0 Å². The van der Waals surface area contributed by atoms with E-state index in [0.29, 0.717) is 17.1 Å². The Bertz CT molecular complexity index is 816. The summed E-state index contributed by atoms with van der Waals surface area (Å²) >= 11 is 9.48. The molecule has 1 aromatic carbocycles. The highest BCUT2D eigenvalue weighted by Crippen LogP contribution is 2.26. The van der Waals surface area contributed by atoms with Crippen molar-refractivity contribution in [2.45, 2.75) is 51.1 Å². The molecule has 23 heavy (non-hydrogen) atoms. The van der Waals surface area contributed by atoms with Crippen molar-refractivity contribution in [1.82, 2.24) is 9.55 Å². The van der Waals surface area contributed by atoms with Gasteiger partial charge in [-0.05, 0) is 38.0 Å². The van der Waals surface area contributed by atoms with Crippen LogP contribution in [-0.4, -0.2) is 18.0 Å². The summed E-state index contributed by atoms with van der Waals surface area (Å²) in [6.45, 7) is 6.48. The molecular formula is C16H20BrClN2O2S. The Hall–Kier alpha value is -0.850. The van der Waals surface area contributed by atoms with E-state index in [4.69, 9.17) is 11.6 Å². The average molecular weight is 420 g/mol. The van der Waals surface area contributed by atoms with Crippen LogP contribution < -0.4 is 0 Å². The normalized spacial score (nSPS) is 11.9. The lowest BCUT2D eigenvalue weighted by Crippen LogP contribution is -2.14. The molecule has 0 spiro atoms. The maximum absolute atomic E-state index is 12.8. The molecule has 2 rings (SSSR count). The van der Waals surface area contributed by atoms with Crippen LogP contribution in [0, 0.1) is 13.8 Å². The van der Waals surface area contributed by atoms with Gasteiger partial charge in [-0.15, -0.1) is 0 Å². The predicted molar refractivity (Wildman–Crippen MR) is 96.7 cm³/mol. The van der Waals surface area contributed by atoms with Gasteiger partial charge in [-0.3, -0.25) is 0 Å². The number of aromatic nitrogens is 2. The van der Waals surface area contributed by atoms with Crippen molar-refractivity contribution in [2.24, 2.45) is 0 Å². The van der Waals surface area contributed by atoms with Gasteiger partial charge in [-0.25, -0.2) is 13.4 Å². The fourth-order valence-corrected chi connectivity index (χ4v) is 4.80. The predicted octanol–water partition coefficient (Wildman–Crippen LogP) is 4.69. The van der Waals surface area contributed by atoms with E-state index in [1.54, 1.807) is 22.8 Å². The number of hydrogen-bond donors (Lipinski definition) is 0. The molecule has 1 heterocycles. The second-order valence-corrected chi connectivity index (χ2v) is 8.77. The molecule has 0 bridgehead atoms. The minimum Gasteiger partial charge on any atom is -0.319 e. The first kappa shape index (κ1) is 18.5. The van der Waals surface area contributed by atoms with Gasteiger partial charge in [0.25, 0.3) is 0 Å². The Kier molecular flexibility index (Phi) is 5.92. The minimum atomic E-state index is -3.56. The molecule has 0 aliphatic rings. The number of imidazole rings is 1. The summed E-state index contributed by atoms with van der Waals surface area (Å²) in [4.78, 5) is 4.30. The number of benzene rings is 1. The molecule has 126 valence electrons. The molecule has 2 aromatic rings. The van der Waals surface area contributed by atoms with Crippen LogP contribution in [-0.2, 0) is 22.1 Å². The molecule has 0 N–H and O–H groups in total. The van der Waals surface area contributed by atoms with Gasteiger partial charge in [0.15, 0.2) is 0 Å². The largest absolute Gasteiger partial charge is 0.319 e. The van der Waals surface area contributed by atoms with Gasteiger partial charge in [-0.2, -0.15) is 0 Å². The van der Waals surface area contributed by atoms with E-state index in [9.17, 15) is 8.42 Å². The Morgan fingerprint density at radius 3 is 2.61 bits per heavy atom. The highest BCUT2D eigenvalue weighted by Gasteiger charge is 2.25. The van der Waals surface area contributed by atoms with Crippen LogP contribution in [0.5, 0.6) is 0 Å². The van der Waals surface area contributed by atoms with E-state index < -0.39 is 9.84 Å². The maximum Gasteiger partial charge on any atom is 0.228 e. The highest BCUT2D eigenvalue weighted by atomic mass is 79.9. The van der Waals surface area contributed by atoms with E-state index in [1.165, 1.54) is 0 Å². The van der Waals surface area contributed by atoms with Gasteiger partial charge >= 0.3 is 0 Å². The molecule has 0 fully saturated rings. The molecule has 0 aliphatic carbocycles. The molecule has 0 atom stereocenters.